The number of carbonyl (C=O) groups is 2. The molecule has 1 fully saturated rings. The Kier molecular flexibility index (Phi) is 13.5. The number of sulfonamides is 1. The molecule has 2 aliphatic rings. The number of fused-ring (bicyclic) bond motifs is 2. The zero-order chi connectivity index (χ0) is 45.1. The van der Waals surface area contributed by atoms with Crippen molar-refractivity contribution in [2.45, 2.75) is 44.8 Å². The number of halogens is 3. The van der Waals surface area contributed by atoms with E-state index in [1.54, 1.807) is 41.3 Å². The van der Waals surface area contributed by atoms with E-state index in [0.717, 1.165) is 39.5 Å². The molecule has 8 rings (SSSR count). The highest BCUT2D eigenvalue weighted by Crippen LogP contribution is 2.38. The minimum atomic E-state index is -5.67. The number of carbonyl (C=O) groups excluding carboxylic acids is 2. The number of aromatic nitrogens is 4. The molecule has 6 aromatic rings. The number of nitrogens with zero attached hydrogens (tertiary/aromatic N) is 6. The summed E-state index contributed by atoms with van der Waals surface area (Å²) in [5, 5.41) is 7.64. The van der Waals surface area contributed by atoms with Crippen LogP contribution in [-0.4, -0.2) is 109 Å². The van der Waals surface area contributed by atoms with Crippen LogP contribution in [0.4, 0.5) is 25.4 Å². The third-order valence-electron chi connectivity index (χ3n) is 10.6. The Bertz CT molecular complexity index is 2860. The summed E-state index contributed by atoms with van der Waals surface area (Å²) in [6.45, 7) is 3.82. The maximum Gasteiger partial charge on any atom is 0.427 e. The molecule has 1 saturated heterocycles. The van der Waals surface area contributed by atoms with Crippen LogP contribution in [-0.2, 0) is 37.6 Å². The molecule has 0 saturated carbocycles. The van der Waals surface area contributed by atoms with Crippen LogP contribution in [0.1, 0.15) is 38.4 Å². The zero-order valence-corrected chi connectivity index (χ0v) is 37.7. The number of rotatable bonds is 16. The third-order valence-corrected chi connectivity index (χ3v) is 16.1. The van der Waals surface area contributed by atoms with Crippen LogP contribution < -0.4 is 20.3 Å². The van der Waals surface area contributed by atoms with Gasteiger partial charge in [0.15, 0.2) is 16.6 Å². The fraction of sp³-hybridized carbons (Fsp3) is 0.293. The number of hydrogen-bond acceptors (Lipinski definition) is 15. The van der Waals surface area contributed by atoms with E-state index >= 15 is 0 Å². The second-order valence-electron chi connectivity index (χ2n) is 14.8. The van der Waals surface area contributed by atoms with Gasteiger partial charge in [0, 0.05) is 72.8 Å². The number of anilines is 3. The van der Waals surface area contributed by atoms with Crippen LogP contribution in [0.5, 0.6) is 0 Å². The minimum Gasteiger partial charge on any atom is -0.380 e. The van der Waals surface area contributed by atoms with E-state index in [4.69, 9.17) is 16.3 Å². The van der Waals surface area contributed by atoms with Crippen molar-refractivity contribution in [3.8, 4) is 0 Å². The van der Waals surface area contributed by atoms with Crippen LogP contribution in [0.2, 0.25) is 0 Å². The van der Waals surface area contributed by atoms with Gasteiger partial charge >= 0.3 is 4.71 Å². The first-order valence-corrected chi connectivity index (χ1v) is 25.0. The number of nitrogens with one attached hydrogen (secondary N) is 3. The normalized spacial score (nSPS) is 15.4. The second-order valence-corrected chi connectivity index (χ2v) is 21.1. The Morgan fingerprint density at radius 1 is 0.984 bits per heavy atom. The zero-order valence-electron chi connectivity index (χ0n) is 33.7. The lowest BCUT2D eigenvalue weighted by Crippen LogP contribution is -2.39. The number of thioether (sulfide) groups is 1. The summed E-state index contributed by atoms with van der Waals surface area (Å²) in [5.41, 5.74) is 2.12. The Labute approximate surface area is 380 Å². The molecule has 23 heteroatoms. The van der Waals surface area contributed by atoms with E-state index in [9.17, 15) is 35.2 Å². The third kappa shape index (κ3) is 10.3. The second kappa shape index (κ2) is 19.1. The highest BCUT2D eigenvalue weighted by Gasteiger charge is 2.46. The van der Waals surface area contributed by atoms with Gasteiger partial charge in [-0.25, -0.2) is 31.5 Å². The highest BCUT2D eigenvalue weighted by molar-refractivity contribution is 7.99. The quantitative estimate of drug-likeness (QED) is 0.0757. The van der Waals surface area contributed by atoms with Gasteiger partial charge < -0.3 is 24.7 Å². The van der Waals surface area contributed by atoms with Crippen LogP contribution in [0.15, 0.2) is 112 Å². The van der Waals surface area contributed by atoms with Crippen molar-refractivity contribution in [3.05, 3.63) is 119 Å². The first-order valence-electron chi connectivity index (χ1n) is 19.8. The van der Waals surface area contributed by atoms with E-state index in [0.29, 0.717) is 86.2 Å². The molecule has 0 radical (unpaired) electrons. The standard InChI is InChI=1S/C41H40ClF2N9O7S4/c42-41(43,44)63(56,57)35-21-30(9-10-33(35)46-28(12-14-51-17-19-60-20-18-51)25-61-29-6-2-1-3-7-29)64(58,59)50-39(55)34-26-62-40(47-34)53-15-11-27-5-4-8-31(32(27)23-53)38(54)49-36-24-52-16-13-45-22-37(52)48-36/h1-10,13,16,21-22,24,26,28,46H,11-12,14-15,17-20,23,25H2,(H,49,54)(H,50,55)/t28-/m1/s1. The lowest BCUT2D eigenvalue weighted by atomic mass is 9.94. The number of thiazole rings is 1. The monoisotopic (exact) mass is 971 g/mol. The predicted molar refractivity (Wildman–Crippen MR) is 240 cm³/mol. The Morgan fingerprint density at radius 3 is 2.55 bits per heavy atom. The average molecular weight is 973 g/mol. The van der Waals surface area contributed by atoms with Crippen molar-refractivity contribution in [1.82, 2.24) is 29.0 Å². The predicted octanol–water partition coefficient (Wildman–Crippen LogP) is 5.98. The summed E-state index contributed by atoms with van der Waals surface area (Å²) in [6, 6.07) is 17.0. The number of alkyl halides is 3. The van der Waals surface area contributed by atoms with Gasteiger partial charge in [-0.15, -0.1) is 23.1 Å². The summed E-state index contributed by atoms with van der Waals surface area (Å²) in [6.07, 6.45) is 7.57. The molecular weight excluding hydrogens is 932 g/mol. The molecule has 3 N–H and O–H groups in total. The number of sulfone groups is 1. The van der Waals surface area contributed by atoms with Crippen molar-refractivity contribution in [2.75, 3.05) is 60.7 Å². The molecule has 1 atom stereocenters. The minimum absolute atomic E-state index is 0.253. The molecule has 2 aliphatic heterocycles. The van der Waals surface area contributed by atoms with Crippen LogP contribution in [0.25, 0.3) is 5.65 Å². The summed E-state index contributed by atoms with van der Waals surface area (Å²) >= 11 is 7.69. The lowest BCUT2D eigenvalue weighted by Gasteiger charge is -2.29. The number of morpholine rings is 1. The number of imidazole rings is 1. The van der Waals surface area contributed by atoms with Crippen molar-refractivity contribution < 1.29 is 39.9 Å². The summed E-state index contributed by atoms with van der Waals surface area (Å²) < 4.78 is 87.4. The van der Waals surface area contributed by atoms with Gasteiger partial charge in [-0.2, -0.15) is 8.78 Å². The Hall–Kier alpha value is -5.23. The molecule has 0 bridgehead atoms. The van der Waals surface area contributed by atoms with E-state index in [2.05, 4.69) is 30.5 Å². The topological polar surface area (TPSA) is 197 Å². The molecule has 5 heterocycles. The van der Waals surface area contributed by atoms with Crippen molar-refractivity contribution in [1.29, 1.82) is 0 Å². The first kappa shape index (κ1) is 45.3. The Morgan fingerprint density at radius 2 is 1.78 bits per heavy atom. The molecule has 0 unspecified atom stereocenters. The van der Waals surface area contributed by atoms with Gasteiger partial charge in [0.2, 0.25) is 0 Å². The molecule has 3 aromatic carbocycles. The van der Waals surface area contributed by atoms with Gasteiger partial charge in [0.1, 0.15) is 5.69 Å². The number of ether oxygens (including phenoxy) is 1. The van der Waals surface area contributed by atoms with E-state index < -0.39 is 46.3 Å². The van der Waals surface area contributed by atoms with Gasteiger partial charge in [0.25, 0.3) is 31.7 Å². The molecule has 3 aromatic heterocycles. The van der Waals surface area contributed by atoms with Gasteiger partial charge in [-0.1, -0.05) is 30.3 Å². The average Bonchev–Trinajstić information content (AvgIpc) is 3.95. The summed E-state index contributed by atoms with van der Waals surface area (Å²) in [7, 11) is -10.5. The Balaban J connectivity index is 0.984. The van der Waals surface area contributed by atoms with Gasteiger partial charge in [-0.3, -0.25) is 19.5 Å². The molecular formula is C41H40ClF2N9O7S4. The molecule has 64 heavy (non-hydrogen) atoms. The van der Waals surface area contributed by atoms with Crippen LogP contribution in [0.3, 0.4) is 0 Å². The number of hydrogen-bond donors (Lipinski definition) is 3. The van der Waals surface area contributed by atoms with E-state index in [-0.39, 0.29) is 23.8 Å². The maximum absolute atomic E-state index is 14.6. The SMILES string of the molecule is O=C(NS(=O)(=O)c1ccc(N[C@H](CCN2CCOCC2)CSc2ccccc2)c(S(=O)(=O)C(F)(F)Cl)c1)c1csc(N2CCc3cccc(C(=O)Nc4cn5ccncc5n4)c3C2)n1. The van der Waals surface area contributed by atoms with Crippen molar-refractivity contribution >= 4 is 88.7 Å². The van der Waals surface area contributed by atoms with Crippen LogP contribution in [0, 0.1) is 0 Å². The molecule has 0 spiro atoms. The van der Waals surface area contributed by atoms with Crippen molar-refractivity contribution in [3.63, 3.8) is 0 Å². The largest absolute Gasteiger partial charge is 0.427 e. The fourth-order valence-corrected chi connectivity index (χ4v) is 11.3. The van der Waals surface area contributed by atoms with E-state index in [1.165, 1.54) is 17.1 Å². The van der Waals surface area contributed by atoms with E-state index in [1.807, 2.05) is 46.0 Å². The lowest BCUT2D eigenvalue weighted by molar-refractivity contribution is 0.0370. The highest BCUT2D eigenvalue weighted by atomic mass is 35.5. The maximum atomic E-state index is 14.6. The summed E-state index contributed by atoms with van der Waals surface area (Å²) in [5.74, 6) is -0.772. The van der Waals surface area contributed by atoms with Crippen molar-refractivity contribution in [2.24, 2.45) is 0 Å². The summed E-state index contributed by atoms with van der Waals surface area (Å²) in [4.78, 5) is 42.9. The first-order chi connectivity index (χ1) is 30.6. The van der Waals surface area contributed by atoms with Gasteiger partial charge in [0.05, 0.1) is 41.1 Å². The number of amides is 2. The molecule has 336 valence electrons. The molecule has 16 nitrogen and oxygen atoms in total. The fourth-order valence-electron chi connectivity index (χ4n) is 7.22. The van der Waals surface area contributed by atoms with Crippen LogP contribution >= 0.6 is 34.7 Å². The smallest absolute Gasteiger partial charge is 0.380 e. The molecule has 0 aliphatic carbocycles. The molecule has 2 amide bonds. The van der Waals surface area contributed by atoms with Gasteiger partial charge in [-0.05, 0) is 72.0 Å². The number of benzene rings is 3.